The van der Waals surface area contributed by atoms with E-state index in [1.165, 1.54) is 13.5 Å². The Bertz CT molecular complexity index is 237. The van der Waals surface area contributed by atoms with Crippen LogP contribution in [0.3, 0.4) is 0 Å². The minimum absolute atomic E-state index is 0.154. The molecule has 0 aliphatic heterocycles. The van der Waals surface area contributed by atoms with Gasteiger partial charge < -0.3 is 10.4 Å². The Hall–Kier alpha value is -1.10. The summed E-state index contributed by atoms with van der Waals surface area (Å²) in [5.41, 5.74) is 0. The quantitative estimate of drug-likeness (QED) is 0.580. The number of carboxylic acids is 1. The Morgan fingerprint density at radius 1 is 1.27 bits per heavy atom. The monoisotopic (exact) mass is 214 g/mol. The van der Waals surface area contributed by atoms with Crippen molar-refractivity contribution in [2.45, 2.75) is 44.2 Å². The number of nitrogens with one attached hydrogen (secondary N) is 2. The third kappa shape index (κ3) is 3.51. The highest BCUT2D eigenvalue weighted by molar-refractivity contribution is 6.01. The van der Waals surface area contributed by atoms with Crippen LogP contribution in [0.5, 0.6) is 0 Å². The second-order valence-corrected chi connectivity index (χ2v) is 3.90. The summed E-state index contributed by atoms with van der Waals surface area (Å²) in [7, 11) is 1.47. The predicted octanol–water partition coefficient (Wildman–Crippen LogP) is 0.108. The van der Waals surface area contributed by atoms with Crippen LogP contribution < -0.4 is 10.6 Å². The third-order valence-corrected chi connectivity index (χ3v) is 2.75. The number of carbonyl (C=O) groups excluding carboxylic acids is 1. The highest BCUT2D eigenvalue weighted by Gasteiger charge is 2.26. The van der Waals surface area contributed by atoms with Crippen molar-refractivity contribution >= 4 is 11.9 Å². The van der Waals surface area contributed by atoms with Crippen LogP contribution in [0.25, 0.3) is 0 Å². The van der Waals surface area contributed by atoms with Crippen molar-refractivity contribution < 1.29 is 14.7 Å². The lowest BCUT2D eigenvalue weighted by Gasteiger charge is -2.24. The van der Waals surface area contributed by atoms with Crippen LogP contribution in [0.4, 0.5) is 0 Å². The van der Waals surface area contributed by atoms with Gasteiger partial charge in [-0.05, 0) is 19.9 Å². The van der Waals surface area contributed by atoms with Crippen LogP contribution in [-0.2, 0) is 9.59 Å². The average molecular weight is 214 g/mol. The van der Waals surface area contributed by atoms with E-state index in [0.29, 0.717) is 0 Å². The summed E-state index contributed by atoms with van der Waals surface area (Å²) < 4.78 is 0. The molecule has 0 saturated heterocycles. The van der Waals surface area contributed by atoms with Gasteiger partial charge in [-0.25, -0.2) is 4.79 Å². The summed E-state index contributed by atoms with van der Waals surface area (Å²) in [6.45, 7) is 0. The minimum atomic E-state index is -1.13. The summed E-state index contributed by atoms with van der Waals surface area (Å²) in [5, 5.41) is 14.0. The second-order valence-electron chi connectivity index (χ2n) is 3.90. The molecular weight excluding hydrogens is 196 g/mol. The number of amides is 1. The normalized spacial score (nSPS) is 19.5. The number of aliphatic carboxylic acids is 1. The zero-order valence-electron chi connectivity index (χ0n) is 8.95. The first-order valence-corrected chi connectivity index (χ1v) is 5.35. The largest absolute Gasteiger partial charge is 0.480 e. The van der Waals surface area contributed by atoms with Gasteiger partial charge in [-0.1, -0.05) is 19.3 Å². The average Bonchev–Trinajstić information content (AvgIpc) is 2.19. The molecule has 0 spiro atoms. The molecule has 0 aromatic rings. The van der Waals surface area contributed by atoms with E-state index >= 15 is 0 Å². The molecule has 86 valence electrons. The van der Waals surface area contributed by atoms with Crippen LogP contribution >= 0.6 is 0 Å². The summed E-state index contributed by atoms with van der Waals surface area (Å²) in [6, 6.07) is -0.978. The van der Waals surface area contributed by atoms with Crippen LogP contribution in [0.15, 0.2) is 0 Å². The van der Waals surface area contributed by atoms with E-state index in [0.717, 1.165) is 25.7 Å². The molecule has 1 aliphatic carbocycles. The van der Waals surface area contributed by atoms with E-state index in [2.05, 4.69) is 10.6 Å². The Balaban J connectivity index is 2.42. The fourth-order valence-corrected chi connectivity index (χ4v) is 1.90. The molecule has 15 heavy (non-hydrogen) atoms. The van der Waals surface area contributed by atoms with E-state index in [9.17, 15) is 9.59 Å². The van der Waals surface area contributed by atoms with Crippen molar-refractivity contribution in [3.05, 3.63) is 0 Å². The summed E-state index contributed by atoms with van der Waals surface area (Å²) in [6.07, 6.45) is 5.36. The van der Waals surface area contributed by atoms with E-state index in [1.54, 1.807) is 0 Å². The van der Waals surface area contributed by atoms with E-state index in [1.807, 2.05) is 0 Å². The van der Waals surface area contributed by atoms with Gasteiger partial charge >= 0.3 is 5.97 Å². The molecule has 1 rings (SSSR count). The van der Waals surface area contributed by atoms with Crippen molar-refractivity contribution in [1.82, 2.24) is 10.6 Å². The van der Waals surface area contributed by atoms with Crippen molar-refractivity contribution in [2.24, 2.45) is 0 Å². The van der Waals surface area contributed by atoms with E-state index in [-0.39, 0.29) is 6.04 Å². The molecule has 1 fully saturated rings. The smallest absolute Gasteiger partial charge is 0.330 e. The van der Waals surface area contributed by atoms with Crippen molar-refractivity contribution in [3.63, 3.8) is 0 Å². The van der Waals surface area contributed by atoms with Crippen LogP contribution in [0.2, 0.25) is 0 Å². The number of carbonyl (C=O) groups is 2. The van der Waals surface area contributed by atoms with Gasteiger partial charge in [-0.15, -0.1) is 0 Å². The molecule has 1 atom stereocenters. The lowest BCUT2D eigenvalue weighted by Crippen LogP contribution is -2.51. The Kier molecular flexibility index (Phi) is 4.55. The standard InChI is InChI=1S/C10H18N2O3/c1-11-8(10(14)15)9(13)12-7-5-3-2-4-6-7/h7-8,11H,2-6H2,1H3,(H,12,13)(H,14,15). The van der Waals surface area contributed by atoms with Gasteiger partial charge in [0.05, 0.1) is 0 Å². The molecule has 0 radical (unpaired) electrons. The number of rotatable bonds is 4. The van der Waals surface area contributed by atoms with Gasteiger partial charge in [0.1, 0.15) is 0 Å². The van der Waals surface area contributed by atoms with Crippen LogP contribution in [0.1, 0.15) is 32.1 Å². The molecule has 0 bridgehead atoms. The third-order valence-electron chi connectivity index (χ3n) is 2.75. The van der Waals surface area contributed by atoms with Gasteiger partial charge in [0.2, 0.25) is 5.91 Å². The topological polar surface area (TPSA) is 78.4 Å². The highest BCUT2D eigenvalue weighted by Crippen LogP contribution is 2.17. The summed E-state index contributed by atoms with van der Waals surface area (Å²) in [5.74, 6) is -1.57. The lowest BCUT2D eigenvalue weighted by atomic mass is 9.95. The fourth-order valence-electron chi connectivity index (χ4n) is 1.90. The Morgan fingerprint density at radius 3 is 2.33 bits per heavy atom. The number of likely N-dealkylation sites (N-methyl/N-ethyl adjacent to an activating group) is 1. The maximum Gasteiger partial charge on any atom is 0.330 e. The molecule has 1 unspecified atom stereocenters. The SMILES string of the molecule is CNC(C(=O)O)C(=O)NC1CCCCC1. The molecule has 5 heteroatoms. The van der Waals surface area contributed by atoms with Gasteiger partial charge in [-0.2, -0.15) is 0 Å². The lowest BCUT2D eigenvalue weighted by molar-refractivity contribution is -0.144. The molecule has 1 aliphatic rings. The molecular formula is C10H18N2O3. The molecule has 3 N–H and O–H groups in total. The van der Waals surface area contributed by atoms with Crippen molar-refractivity contribution in [1.29, 1.82) is 0 Å². The van der Waals surface area contributed by atoms with Crippen molar-refractivity contribution in [3.8, 4) is 0 Å². The first-order chi connectivity index (χ1) is 7.15. The molecule has 1 amide bonds. The Labute approximate surface area is 89.2 Å². The van der Waals surface area contributed by atoms with Crippen LogP contribution in [-0.4, -0.2) is 36.1 Å². The van der Waals surface area contributed by atoms with Gasteiger partial charge in [0.15, 0.2) is 6.04 Å². The second kappa shape index (κ2) is 5.70. The summed E-state index contributed by atoms with van der Waals surface area (Å²) in [4.78, 5) is 22.2. The maximum atomic E-state index is 11.5. The van der Waals surface area contributed by atoms with E-state index < -0.39 is 17.9 Å². The Morgan fingerprint density at radius 2 is 1.87 bits per heavy atom. The molecule has 1 saturated carbocycles. The first-order valence-electron chi connectivity index (χ1n) is 5.35. The first kappa shape index (κ1) is 12.0. The predicted molar refractivity (Wildman–Crippen MR) is 55.5 cm³/mol. The summed E-state index contributed by atoms with van der Waals surface area (Å²) >= 11 is 0. The number of hydrogen-bond acceptors (Lipinski definition) is 3. The van der Waals surface area contributed by atoms with Gasteiger partial charge in [0.25, 0.3) is 0 Å². The molecule has 5 nitrogen and oxygen atoms in total. The van der Waals surface area contributed by atoms with Gasteiger partial charge in [-0.3, -0.25) is 10.1 Å². The maximum absolute atomic E-state index is 11.5. The molecule has 0 aromatic carbocycles. The minimum Gasteiger partial charge on any atom is -0.480 e. The zero-order valence-corrected chi connectivity index (χ0v) is 8.95. The number of hydrogen-bond donors (Lipinski definition) is 3. The van der Waals surface area contributed by atoms with Gasteiger partial charge in [0, 0.05) is 6.04 Å². The van der Waals surface area contributed by atoms with Crippen LogP contribution in [0, 0.1) is 0 Å². The fraction of sp³-hybridized carbons (Fsp3) is 0.800. The van der Waals surface area contributed by atoms with E-state index in [4.69, 9.17) is 5.11 Å². The zero-order chi connectivity index (χ0) is 11.3. The van der Waals surface area contributed by atoms with Crippen molar-refractivity contribution in [2.75, 3.05) is 7.05 Å². The molecule has 0 aromatic heterocycles. The highest BCUT2D eigenvalue weighted by atomic mass is 16.4. The molecule has 0 heterocycles. The number of carboxylic acid groups (broad SMARTS) is 1.